The Labute approximate surface area is 125 Å². The predicted molar refractivity (Wildman–Crippen MR) is 58.7 cm³/mol. The fourth-order valence-corrected chi connectivity index (χ4v) is 1.71. The van der Waals surface area contributed by atoms with Crippen LogP contribution >= 0.6 is 0 Å². The Kier molecular flexibility index (Phi) is 6.58. The summed E-state index contributed by atoms with van der Waals surface area (Å²) in [5, 5.41) is 0. The van der Waals surface area contributed by atoms with Crippen LogP contribution in [-0.2, 0) is 26.0 Å². The second-order valence-electron chi connectivity index (χ2n) is 3.88. The van der Waals surface area contributed by atoms with Gasteiger partial charge in [0, 0.05) is 4.90 Å². The van der Waals surface area contributed by atoms with Gasteiger partial charge < -0.3 is 9.29 Å². The van der Waals surface area contributed by atoms with E-state index in [0.717, 1.165) is 0 Å². The number of methoxy groups -OCH3 is 1. The van der Waals surface area contributed by atoms with E-state index in [1.165, 1.54) is 19.2 Å². The summed E-state index contributed by atoms with van der Waals surface area (Å²) < 4.78 is 26.0. The van der Waals surface area contributed by atoms with Crippen LogP contribution in [0, 0.1) is 0 Å². The number of rotatable bonds is 3. The number of ether oxygens (including phenoxy) is 1. The minimum absolute atomic E-state index is 0. The molecule has 0 spiro atoms. The smallest absolute Gasteiger partial charge is 0.768 e. The fraction of sp³-hybridized carbons (Fsp3) is 0.364. The molecule has 0 aromatic heterocycles. The van der Waals surface area contributed by atoms with Crippen molar-refractivity contribution in [3.63, 3.8) is 0 Å². The van der Waals surface area contributed by atoms with Gasteiger partial charge in [-0.3, -0.25) is 9.00 Å². The molecule has 0 bridgehead atoms. The maximum atomic E-state index is 11.5. The molecular formula is C11H13NaO4S. The molecule has 0 aliphatic rings. The number of carbonyl (C=O) groups is 1. The van der Waals surface area contributed by atoms with Crippen LogP contribution < -0.4 is 29.6 Å². The van der Waals surface area contributed by atoms with Crippen molar-refractivity contribution in [2.75, 3.05) is 7.11 Å². The standard InChI is InChI=1S/C11H14O4S.Na/c1-11(2,10(12)15-3)8-4-6-9(7-5-8)16(13)14;/h4-7H,1-3H3,(H,13,14);/q;+1/p-1. The molecule has 1 aromatic carbocycles. The van der Waals surface area contributed by atoms with Crippen LogP contribution in [0.2, 0.25) is 0 Å². The summed E-state index contributed by atoms with van der Waals surface area (Å²) in [6.45, 7) is 3.45. The molecule has 0 saturated carbocycles. The second kappa shape index (κ2) is 6.66. The Hall–Kier alpha value is -0.200. The van der Waals surface area contributed by atoms with Crippen molar-refractivity contribution < 1.29 is 47.9 Å². The fourth-order valence-electron chi connectivity index (χ4n) is 1.36. The summed E-state index contributed by atoms with van der Waals surface area (Å²) in [7, 11) is 1.32. The summed E-state index contributed by atoms with van der Waals surface area (Å²) in [5.74, 6) is -0.358. The van der Waals surface area contributed by atoms with Gasteiger partial charge in [-0.15, -0.1) is 0 Å². The molecule has 17 heavy (non-hydrogen) atoms. The normalized spacial score (nSPS) is 12.5. The topological polar surface area (TPSA) is 66.4 Å². The average molecular weight is 264 g/mol. The zero-order valence-electron chi connectivity index (χ0n) is 10.4. The first-order valence-corrected chi connectivity index (χ1v) is 5.75. The van der Waals surface area contributed by atoms with Gasteiger partial charge in [0.25, 0.3) is 0 Å². The Morgan fingerprint density at radius 2 is 1.76 bits per heavy atom. The molecule has 0 amide bonds. The van der Waals surface area contributed by atoms with E-state index in [1.54, 1.807) is 26.0 Å². The van der Waals surface area contributed by atoms with E-state index in [0.29, 0.717) is 5.56 Å². The van der Waals surface area contributed by atoms with Crippen molar-refractivity contribution in [2.24, 2.45) is 0 Å². The molecule has 1 rings (SSSR count). The molecular weight excluding hydrogens is 251 g/mol. The number of esters is 1. The van der Waals surface area contributed by atoms with Crippen LogP contribution in [0.4, 0.5) is 0 Å². The Bertz CT molecular complexity index is 414. The number of carbonyl (C=O) groups excluding carboxylic acids is 1. The van der Waals surface area contributed by atoms with Gasteiger partial charge in [0.15, 0.2) is 0 Å². The number of hydrogen-bond acceptors (Lipinski definition) is 4. The van der Waals surface area contributed by atoms with E-state index < -0.39 is 16.5 Å². The molecule has 0 aliphatic carbocycles. The van der Waals surface area contributed by atoms with Crippen molar-refractivity contribution in [1.29, 1.82) is 0 Å². The number of benzene rings is 1. The zero-order chi connectivity index (χ0) is 12.3. The molecule has 0 heterocycles. The van der Waals surface area contributed by atoms with Crippen LogP contribution in [-0.4, -0.2) is 21.8 Å². The van der Waals surface area contributed by atoms with Crippen molar-refractivity contribution in [3.05, 3.63) is 29.8 Å². The SMILES string of the molecule is COC(=O)C(C)(C)c1ccc(S(=O)[O-])cc1.[Na+]. The third-order valence-electron chi connectivity index (χ3n) is 2.46. The molecule has 88 valence electrons. The average Bonchev–Trinajstić information content (AvgIpc) is 2.28. The maximum Gasteiger partial charge on any atom is 1.00 e. The zero-order valence-corrected chi connectivity index (χ0v) is 13.2. The van der Waals surface area contributed by atoms with E-state index in [-0.39, 0.29) is 40.4 Å². The molecule has 6 heteroatoms. The molecule has 0 radical (unpaired) electrons. The van der Waals surface area contributed by atoms with E-state index in [4.69, 9.17) is 0 Å². The molecule has 1 atom stereocenters. The van der Waals surface area contributed by atoms with Crippen molar-refractivity contribution in [1.82, 2.24) is 0 Å². The quantitative estimate of drug-likeness (QED) is 0.374. The summed E-state index contributed by atoms with van der Waals surface area (Å²) in [5.41, 5.74) is -0.0639. The Balaban J connectivity index is 0.00000256. The van der Waals surface area contributed by atoms with Crippen LogP contribution in [0.3, 0.4) is 0 Å². The molecule has 0 aliphatic heterocycles. The molecule has 1 aromatic rings. The van der Waals surface area contributed by atoms with Gasteiger partial charge in [-0.2, -0.15) is 0 Å². The van der Waals surface area contributed by atoms with E-state index in [9.17, 15) is 13.6 Å². The number of hydrogen-bond donors (Lipinski definition) is 0. The van der Waals surface area contributed by atoms with E-state index in [2.05, 4.69) is 4.74 Å². The van der Waals surface area contributed by atoms with Gasteiger partial charge >= 0.3 is 35.5 Å². The van der Waals surface area contributed by atoms with Crippen LogP contribution in [0.5, 0.6) is 0 Å². The minimum atomic E-state index is -2.24. The van der Waals surface area contributed by atoms with Gasteiger partial charge in [0.2, 0.25) is 0 Å². The van der Waals surface area contributed by atoms with Crippen LogP contribution in [0.1, 0.15) is 19.4 Å². The molecule has 1 unspecified atom stereocenters. The summed E-state index contributed by atoms with van der Waals surface area (Å²) in [6.07, 6.45) is 0. The molecule has 0 N–H and O–H groups in total. The van der Waals surface area contributed by atoms with Gasteiger partial charge in [0.05, 0.1) is 12.5 Å². The molecule has 0 saturated heterocycles. The van der Waals surface area contributed by atoms with Crippen LogP contribution in [0.25, 0.3) is 0 Å². The first kappa shape index (κ1) is 16.8. The van der Waals surface area contributed by atoms with Gasteiger partial charge in [-0.25, -0.2) is 0 Å². The summed E-state index contributed by atoms with van der Waals surface area (Å²) in [4.78, 5) is 11.7. The first-order chi connectivity index (χ1) is 7.39. The van der Waals surface area contributed by atoms with E-state index in [1.807, 2.05) is 0 Å². The minimum Gasteiger partial charge on any atom is -0.768 e. The first-order valence-electron chi connectivity index (χ1n) is 4.68. The summed E-state index contributed by atoms with van der Waals surface area (Å²) >= 11 is -2.24. The largest absolute Gasteiger partial charge is 1.00 e. The molecule has 0 fully saturated rings. The predicted octanol–water partition coefficient (Wildman–Crippen LogP) is -1.62. The third-order valence-corrected chi connectivity index (χ3v) is 3.12. The summed E-state index contributed by atoms with van der Waals surface area (Å²) in [6, 6.07) is 6.15. The Morgan fingerprint density at radius 1 is 1.29 bits per heavy atom. The van der Waals surface area contributed by atoms with E-state index >= 15 is 0 Å². The van der Waals surface area contributed by atoms with Crippen molar-refractivity contribution in [2.45, 2.75) is 24.2 Å². The van der Waals surface area contributed by atoms with Gasteiger partial charge in [-0.05, 0) is 42.6 Å². The van der Waals surface area contributed by atoms with Gasteiger partial charge in [-0.1, -0.05) is 12.1 Å². The molecule has 4 nitrogen and oxygen atoms in total. The maximum absolute atomic E-state index is 11.5. The van der Waals surface area contributed by atoms with Crippen LogP contribution in [0.15, 0.2) is 29.2 Å². The third kappa shape index (κ3) is 3.89. The Morgan fingerprint density at radius 3 is 2.12 bits per heavy atom. The van der Waals surface area contributed by atoms with Gasteiger partial charge in [0.1, 0.15) is 0 Å². The van der Waals surface area contributed by atoms with Crippen molar-refractivity contribution in [3.8, 4) is 0 Å². The van der Waals surface area contributed by atoms with Crippen molar-refractivity contribution >= 4 is 17.0 Å². The second-order valence-corrected chi connectivity index (χ2v) is 4.82. The monoisotopic (exact) mass is 264 g/mol.